The van der Waals surface area contributed by atoms with Gasteiger partial charge in [0.15, 0.2) is 11.5 Å². The number of esters is 2. The molecule has 2 aromatic rings. The van der Waals surface area contributed by atoms with E-state index in [9.17, 15) is 14.2 Å². The summed E-state index contributed by atoms with van der Waals surface area (Å²) in [5.74, 6) is -0.844. The number of nitrogens with one attached hydrogen (secondary N) is 1. The molecule has 0 saturated heterocycles. The van der Waals surface area contributed by atoms with Crippen LogP contribution < -0.4 is 10.8 Å². The fourth-order valence-corrected chi connectivity index (χ4v) is 5.35. The average Bonchev–Trinajstić information content (AvgIpc) is 3.19. The molecule has 2 rings (SSSR count). The van der Waals surface area contributed by atoms with Crippen molar-refractivity contribution in [2.45, 2.75) is 92.7 Å². The third-order valence-electron chi connectivity index (χ3n) is 5.24. The minimum atomic E-state index is -3.86. The van der Waals surface area contributed by atoms with Crippen molar-refractivity contribution in [2.24, 2.45) is 5.41 Å². The Hall–Kier alpha value is -2.60. The molecular formula is C24H41N6O7P. The number of hydrogen-bond donors (Lipinski definition) is 2. The fraction of sp³-hybridized carbons (Fsp3) is 0.708. The number of aromatic nitrogens is 4. The van der Waals surface area contributed by atoms with E-state index in [4.69, 9.17) is 24.5 Å². The van der Waals surface area contributed by atoms with Crippen LogP contribution in [0, 0.1) is 5.41 Å². The lowest BCUT2D eigenvalue weighted by Gasteiger charge is -2.33. The minimum Gasteiger partial charge on any atom is -0.462 e. The molecule has 3 N–H and O–H groups in total. The van der Waals surface area contributed by atoms with Crippen LogP contribution in [0.2, 0.25) is 0 Å². The standard InChI is InChI=1S/C24H41N6O7P/c1-15(2)36-21(31)23(6,7)11-35-38(33,29-24(8,9)22(32)37-16(3)4)14-34-17(5)10-30-13-28-18-19(25)26-12-27-20(18)30/h12-13,15-17H,10-11,14H2,1-9H3,(H,29,33)(H2,25,26,27)/t17-,38?/m1/s1. The van der Waals surface area contributed by atoms with Crippen LogP contribution in [0.4, 0.5) is 5.82 Å². The Morgan fingerprint density at radius 1 is 1.03 bits per heavy atom. The largest absolute Gasteiger partial charge is 0.462 e. The van der Waals surface area contributed by atoms with E-state index in [-0.39, 0.29) is 31.0 Å². The van der Waals surface area contributed by atoms with E-state index in [2.05, 4.69) is 20.0 Å². The molecule has 38 heavy (non-hydrogen) atoms. The molecule has 13 nitrogen and oxygen atoms in total. The van der Waals surface area contributed by atoms with E-state index in [0.29, 0.717) is 17.7 Å². The normalized spacial score (nSPS) is 15.0. The molecule has 0 amide bonds. The van der Waals surface area contributed by atoms with Crippen LogP contribution in [-0.4, -0.2) is 68.3 Å². The molecule has 0 aliphatic carbocycles. The van der Waals surface area contributed by atoms with Crippen molar-refractivity contribution >= 4 is 36.4 Å². The van der Waals surface area contributed by atoms with Gasteiger partial charge in [0.1, 0.15) is 23.7 Å². The van der Waals surface area contributed by atoms with Crippen LogP contribution in [-0.2, 0) is 39.4 Å². The molecule has 0 aliphatic heterocycles. The molecule has 0 aliphatic rings. The van der Waals surface area contributed by atoms with Crippen LogP contribution in [0.3, 0.4) is 0 Å². The lowest BCUT2D eigenvalue weighted by Crippen LogP contribution is -2.48. The van der Waals surface area contributed by atoms with Crippen LogP contribution in [0.25, 0.3) is 11.2 Å². The number of imidazole rings is 1. The van der Waals surface area contributed by atoms with Gasteiger partial charge in [-0.2, -0.15) is 0 Å². The molecule has 0 radical (unpaired) electrons. The van der Waals surface area contributed by atoms with Gasteiger partial charge in [-0.25, -0.2) is 20.0 Å². The number of carbonyl (C=O) groups is 2. The number of rotatable bonds is 14. The molecular weight excluding hydrogens is 515 g/mol. The second-order valence-corrected chi connectivity index (χ2v) is 13.0. The van der Waals surface area contributed by atoms with Crippen molar-refractivity contribution in [3.05, 3.63) is 12.7 Å². The summed E-state index contributed by atoms with van der Waals surface area (Å²) in [6, 6.07) is 0. The first-order chi connectivity index (χ1) is 17.5. The first-order valence-electron chi connectivity index (χ1n) is 12.4. The van der Waals surface area contributed by atoms with Crippen LogP contribution in [0.1, 0.15) is 62.3 Å². The summed E-state index contributed by atoms with van der Waals surface area (Å²) < 4.78 is 38.1. The summed E-state index contributed by atoms with van der Waals surface area (Å²) >= 11 is 0. The first kappa shape index (κ1) is 31.6. The Bertz CT molecular complexity index is 1160. The number of fused-ring (bicyclic) bond motifs is 1. The molecule has 2 aromatic heterocycles. The van der Waals surface area contributed by atoms with E-state index in [1.807, 2.05) is 0 Å². The average molecular weight is 557 g/mol. The van der Waals surface area contributed by atoms with Gasteiger partial charge >= 0.3 is 11.9 Å². The summed E-state index contributed by atoms with van der Waals surface area (Å²) in [6.07, 6.45) is 1.38. The highest BCUT2D eigenvalue weighted by atomic mass is 31.2. The van der Waals surface area contributed by atoms with Gasteiger partial charge in [0, 0.05) is 0 Å². The van der Waals surface area contributed by atoms with Crippen molar-refractivity contribution in [3.8, 4) is 0 Å². The minimum absolute atomic E-state index is 0.238. The quantitative estimate of drug-likeness (QED) is 0.257. The molecule has 0 bridgehead atoms. The number of nitrogens with zero attached hydrogens (tertiary/aromatic N) is 4. The predicted octanol–water partition coefficient (Wildman–Crippen LogP) is 3.28. The smallest absolute Gasteiger partial charge is 0.326 e. The highest BCUT2D eigenvalue weighted by Gasteiger charge is 2.41. The molecule has 0 saturated carbocycles. The Morgan fingerprint density at radius 3 is 2.24 bits per heavy atom. The summed E-state index contributed by atoms with van der Waals surface area (Å²) in [7, 11) is -3.86. The number of ether oxygens (including phenoxy) is 3. The summed E-state index contributed by atoms with van der Waals surface area (Å²) in [4.78, 5) is 37.6. The third kappa shape index (κ3) is 8.72. The Morgan fingerprint density at radius 2 is 1.63 bits per heavy atom. The van der Waals surface area contributed by atoms with E-state index < -0.39 is 36.5 Å². The third-order valence-corrected chi connectivity index (χ3v) is 7.18. The van der Waals surface area contributed by atoms with Crippen molar-refractivity contribution in [1.82, 2.24) is 24.6 Å². The molecule has 214 valence electrons. The van der Waals surface area contributed by atoms with Gasteiger partial charge in [0.25, 0.3) is 7.52 Å². The number of hydrogen-bond acceptors (Lipinski definition) is 11. The molecule has 2 atom stereocenters. The van der Waals surface area contributed by atoms with Gasteiger partial charge in [0.2, 0.25) is 0 Å². The highest BCUT2D eigenvalue weighted by molar-refractivity contribution is 7.56. The van der Waals surface area contributed by atoms with Crippen molar-refractivity contribution < 1.29 is 32.9 Å². The number of nitrogen functional groups attached to an aromatic ring is 1. The van der Waals surface area contributed by atoms with E-state index in [0.717, 1.165) is 0 Å². The maximum atomic E-state index is 14.0. The highest BCUT2D eigenvalue weighted by Crippen LogP contribution is 2.46. The van der Waals surface area contributed by atoms with Crippen LogP contribution >= 0.6 is 7.52 Å². The molecule has 14 heteroatoms. The van der Waals surface area contributed by atoms with Crippen molar-refractivity contribution in [3.63, 3.8) is 0 Å². The second kappa shape index (κ2) is 12.5. The van der Waals surface area contributed by atoms with Crippen molar-refractivity contribution in [1.29, 1.82) is 0 Å². The summed E-state index contributed by atoms with van der Waals surface area (Å²) in [5.41, 5.74) is 4.38. The molecule has 0 spiro atoms. The maximum Gasteiger partial charge on any atom is 0.326 e. The topological polar surface area (TPSA) is 170 Å². The van der Waals surface area contributed by atoms with E-state index in [1.54, 1.807) is 59.4 Å². The lowest BCUT2D eigenvalue weighted by atomic mass is 9.95. The zero-order valence-corrected chi connectivity index (χ0v) is 24.6. The monoisotopic (exact) mass is 556 g/mol. The van der Waals surface area contributed by atoms with Gasteiger partial charge < -0.3 is 29.0 Å². The molecule has 2 heterocycles. The fourth-order valence-electron chi connectivity index (χ4n) is 3.22. The number of anilines is 1. The zero-order valence-electron chi connectivity index (χ0n) is 23.7. The van der Waals surface area contributed by atoms with Gasteiger partial charge in [0.05, 0.1) is 43.2 Å². The number of nitrogens with two attached hydrogens (primary N) is 1. The van der Waals surface area contributed by atoms with Gasteiger partial charge in [-0.3, -0.25) is 14.2 Å². The lowest BCUT2D eigenvalue weighted by molar-refractivity contribution is -0.159. The summed E-state index contributed by atoms with van der Waals surface area (Å²) in [5, 5.41) is 2.80. The molecule has 1 unspecified atom stereocenters. The Labute approximate surface area is 223 Å². The first-order valence-corrected chi connectivity index (χ1v) is 14.2. The SMILES string of the molecule is CC(C)OC(=O)C(C)(C)COP(=O)(CO[C@H](C)Cn1cnc2c(N)ncnc21)NC(C)(C)C(=O)OC(C)C. The molecule has 0 fully saturated rings. The zero-order chi connectivity index (χ0) is 28.9. The second-order valence-electron chi connectivity index (χ2n) is 10.9. The van der Waals surface area contributed by atoms with Crippen LogP contribution in [0.15, 0.2) is 12.7 Å². The summed E-state index contributed by atoms with van der Waals surface area (Å²) in [6.45, 7) is 15.1. The van der Waals surface area contributed by atoms with Gasteiger partial charge in [-0.1, -0.05) is 0 Å². The predicted molar refractivity (Wildman–Crippen MR) is 142 cm³/mol. The Balaban J connectivity index is 2.19. The van der Waals surface area contributed by atoms with Gasteiger partial charge in [-0.15, -0.1) is 0 Å². The Kier molecular flexibility index (Phi) is 10.4. The van der Waals surface area contributed by atoms with Crippen molar-refractivity contribution in [2.75, 3.05) is 18.7 Å². The maximum absolute atomic E-state index is 14.0. The van der Waals surface area contributed by atoms with Gasteiger partial charge in [-0.05, 0) is 62.3 Å². The number of carbonyl (C=O) groups excluding carboxylic acids is 2. The van der Waals surface area contributed by atoms with E-state index in [1.165, 1.54) is 20.2 Å². The van der Waals surface area contributed by atoms with E-state index >= 15 is 0 Å². The molecule has 0 aromatic carbocycles. The van der Waals surface area contributed by atoms with Crippen LogP contribution in [0.5, 0.6) is 0 Å².